The lowest BCUT2D eigenvalue weighted by Gasteiger charge is -2.27. The minimum absolute atomic E-state index is 0.159. The molecule has 106 valence electrons. The molecule has 1 saturated heterocycles. The van der Waals surface area contributed by atoms with Crippen molar-refractivity contribution in [3.8, 4) is 0 Å². The van der Waals surface area contributed by atoms with Crippen LogP contribution in [0, 0.1) is 0 Å². The number of aromatic amines is 1. The first-order chi connectivity index (χ1) is 9.66. The summed E-state index contributed by atoms with van der Waals surface area (Å²) in [6.07, 6.45) is 4.05. The molecular formula is C16H21N3O. The second-order valence-electron chi connectivity index (χ2n) is 5.80. The Kier molecular flexibility index (Phi) is 3.49. The lowest BCUT2D eigenvalue weighted by atomic mass is 10.1. The van der Waals surface area contributed by atoms with Gasteiger partial charge in [-0.25, -0.2) is 0 Å². The molecule has 20 heavy (non-hydrogen) atoms. The molecule has 4 heteroatoms. The molecule has 1 aromatic carbocycles. The molecule has 1 unspecified atom stereocenters. The van der Waals surface area contributed by atoms with Gasteiger partial charge in [0.1, 0.15) is 0 Å². The van der Waals surface area contributed by atoms with Crippen molar-refractivity contribution >= 4 is 16.8 Å². The van der Waals surface area contributed by atoms with Crippen LogP contribution in [0.5, 0.6) is 0 Å². The number of hydrogen-bond donors (Lipinski definition) is 1. The van der Waals surface area contributed by atoms with Gasteiger partial charge < -0.3 is 14.8 Å². The molecule has 0 bridgehead atoms. The maximum Gasteiger partial charge on any atom is 0.256 e. The van der Waals surface area contributed by atoms with E-state index >= 15 is 0 Å². The fourth-order valence-corrected chi connectivity index (χ4v) is 3.12. The fourth-order valence-electron chi connectivity index (χ4n) is 3.12. The van der Waals surface area contributed by atoms with E-state index in [9.17, 15) is 4.79 Å². The lowest BCUT2D eigenvalue weighted by molar-refractivity contribution is 0.0718. The van der Waals surface area contributed by atoms with Crippen LogP contribution in [0.25, 0.3) is 10.9 Å². The molecule has 0 saturated carbocycles. The Balaban J connectivity index is 1.88. The molecule has 2 heterocycles. The van der Waals surface area contributed by atoms with Gasteiger partial charge in [0.25, 0.3) is 5.91 Å². The molecule has 0 spiro atoms. The number of aromatic nitrogens is 1. The van der Waals surface area contributed by atoms with Crippen molar-refractivity contribution in [2.24, 2.45) is 0 Å². The largest absolute Gasteiger partial charge is 0.360 e. The van der Waals surface area contributed by atoms with Crippen LogP contribution in [-0.4, -0.2) is 53.9 Å². The van der Waals surface area contributed by atoms with Gasteiger partial charge in [-0.15, -0.1) is 0 Å². The monoisotopic (exact) mass is 271 g/mol. The van der Waals surface area contributed by atoms with E-state index in [4.69, 9.17) is 0 Å². The van der Waals surface area contributed by atoms with Crippen LogP contribution >= 0.6 is 0 Å². The zero-order chi connectivity index (χ0) is 14.1. The van der Waals surface area contributed by atoms with Gasteiger partial charge in [0.15, 0.2) is 0 Å². The van der Waals surface area contributed by atoms with Crippen LogP contribution in [0.2, 0.25) is 0 Å². The number of benzene rings is 1. The van der Waals surface area contributed by atoms with Gasteiger partial charge in [-0.3, -0.25) is 4.79 Å². The van der Waals surface area contributed by atoms with E-state index in [1.165, 1.54) is 0 Å². The van der Waals surface area contributed by atoms with E-state index in [-0.39, 0.29) is 5.91 Å². The number of nitrogens with zero attached hydrogens (tertiary/aromatic N) is 2. The van der Waals surface area contributed by atoms with E-state index in [2.05, 4.69) is 24.0 Å². The zero-order valence-electron chi connectivity index (χ0n) is 12.1. The third kappa shape index (κ3) is 2.31. The van der Waals surface area contributed by atoms with Crippen molar-refractivity contribution in [2.75, 3.05) is 27.2 Å². The highest BCUT2D eigenvalue weighted by Crippen LogP contribution is 2.24. The summed E-state index contributed by atoms with van der Waals surface area (Å²) in [4.78, 5) is 20.2. The zero-order valence-corrected chi connectivity index (χ0v) is 12.1. The third-order valence-electron chi connectivity index (χ3n) is 4.03. The highest BCUT2D eigenvalue weighted by atomic mass is 16.2. The molecular weight excluding hydrogens is 250 g/mol. The third-order valence-corrected chi connectivity index (χ3v) is 4.03. The van der Waals surface area contributed by atoms with Crippen molar-refractivity contribution in [1.29, 1.82) is 0 Å². The normalized spacial score (nSPS) is 19.1. The number of H-pyrrole nitrogens is 1. The molecule has 0 radical (unpaired) electrons. The SMILES string of the molecule is CN(C)CC1CCCN1C(=O)c1c[nH]c2ccccc12. The van der Waals surface area contributed by atoms with Gasteiger partial charge in [0.2, 0.25) is 0 Å². The van der Waals surface area contributed by atoms with E-state index in [1.54, 1.807) is 0 Å². The van der Waals surface area contributed by atoms with Gasteiger partial charge in [-0.05, 0) is 33.0 Å². The fraction of sp³-hybridized carbons (Fsp3) is 0.438. The number of nitrogens with one attached hydrogen (secondary N) is 1. The molecule has 1 amide bonds. The summed E-state index contributed by atoms with van der Waals surface area (Å²) in [7, 11) is 4.12. The van der Waals surface area contributed by atoms with Crippen LogP contribution in [0.1, 0.15) is 23.2 Å². The Morgan fingerprint density at radius 1 is 1.40 bits per heavy atom. The van der Waals surface area contributed by atoms with E-state index in [0.717, 1.165) is 42.4 Å². The molecule has 4 nitrogen and oxygen atoms in total. The second-order valence-corrected chi connectivity index (χ2v) is 5.80. The molecule has 1 aliphatic heterocycles. The lowest BCUT2D eigenvalue weighted by Crippen LogP contribution is -2.41. The first kappa shape index (κ1) is 13.2. The molecule has 1 atom stereocenters. The summed E-state index contributed by atoms with van der Waals surface area (Å²) in [5.74, 6) is 0.159. The number of para-hydroxylation sites is 1. The molecule has 1 fully saturated rings. The Hall–Kier alpha value is -1.81. The number of likely N-dealkylation sites (tertiary alicyclic amines) is 1. The Bertz CT molecular complexity index is 617. The van der Waals surface area contributed by atoms with Gasteiger partial charge in [0.05, 0.1) is 5.56 Å². The number of carbonyl (C=O) groups excluding carboxylic acids is 1. The molecule has 3 rings (SSSR count). The summed E-state index contributed by atoms with van der Waals surface area (Å²) in [6.45, 7) is 1.81. The summed E-state index contributed by atoms with van der Waals surface area (Å²) < 4.78 is 0. The highest BCUT2D eigenvalue weighted by molar-refractivity contribution is 6.06. The number of amides is 1. The van der Waals surface area contributed by atoms with Crippen LogP contribution in [0.3, 0.4) is 0 Å². The van der Waals surface area contributed by atoms with Crippen LogP contribution in [0.15, 0.2) is 30.5 Å². The summed E-state index contributed by atoms with van der Waals surface area (Å²) >= 11 is 0. The standard InChI is InChI=1S/C16H21N3O/c1-18(2)11-12-6-5-9-19(12)16(20)14-10-17-15-8-4-3-7-13(14)15/h3-4,7-8,10,12,17H,5-6,9,11H2,1-2H3. The topological polar surface area (TPSA) is 39.3 Å². The van der Waals surface area contributed by atoms with Gasteiger partial charge in [0, 0.05) is 36.2 Å². The maximum absolute atomic E-state index is 12.8. The summed E-state index contributed by atoms with van der Waals surface area (Å²) in [5, 5.41) is 1.02. The molecule has 1 aliphatic rings. The first-order valence-electron chi connectivity index (χ1n) is 7.18. The van der Waals surface area contributed by atoms with Crippen molar-refractivity contribution in [3.63, 3.8) is 0 Å². The van der Waals surface area contributed by atoms with E-state index in [0.29, 0.717) is 6.04 Å². The number of likely N-dealkylation sites (N-methyl/N-ethyl adjacent to an activating group) is 1. The van der Waals surface area contributed by atoms with Crippen molar-refractivity contribution in [1.82, 2.24) is 14.8 Å². The molecule has 0 aliphatic carbocycles. The molecule has 2 aromatic rings. The first-order valence-corrected chi connectivity index (χ1v) is 7.18. The smallest absolute Gasteiger partial charge is 0.256 e. The number of fused-ring (bicyclic) bond motifs is 1. The van der Waals surface area contributed by atoms with Gasteiger partial charge in [-0.1, -0.05) is 18.2 Å². The van der Waals surface area contributed by atoms with Crippen LogP contribution in [0.4, 0.5) is 0 Å². The van der Waals surface area contributed by atoms with Crippen molar-refractivity contribution in [2.45, 2.75) is 18.9 Å². The van der Waals surface area contributed by atoms with E-state index < -0.39 is 0 Å². The number of rotatable bonds is 3. The predicted octanol–water partition coefficient (Wildman–Crippen LogP) is 2.33. The van der Waals surface area contributed by atoms with Crippen LogP contribution < -0.4 is 0 Å². The highest BCUT2D eigenvalue weighted by Gasteiger charge is 2.30. The Labute approximate surface area is 119 Å². The summed E-state index contributed by atoms with van der Waals surface area (Å²) in [6, 6.07) is 8.32. The van der Waals surface area contributed by atoms with E-state index in [1.807, 2.05) is 35.4 Å². The predicted molar refractivity (Wildman–Crippen MR) is 80.9 cm³/mol. The minimum Gasteiger partial charge on any atom is -0.360 e. The molecule has 1 aromatic heterocycles. The second kappa shape index (κ2) is 5.29. The van der Waals surface area contributed by atoms with Crippen molar-refractivity contribution < 1.29 is 4.79 Å². The van der Waals surface area contributed by atoms with Gasteiger partial charge in [-0.2, -0.15) is 0 Å². The Morgan fingerprint density at radius 3 is 3.00 bits per heavy atom. The number of carbonyl (C=O) groups is 1. The van der Waals surface area contributed by atoms with Crippen molar-refractivity contribution in [3.05, 3.63) is 36.0 Å². The molecule has 1 N–H and O–H groups in total. The number of hydrogen-bond acceptors (Lipinski definition) is 2. The average Bonchev–Trinajstić information content (AvgIpc) is 3.03. The Morgan fingerprint density at radius 2 is 2.20 bits per heavy atom. The minimum atomic E-state index is 0.159. The average molecular weight is 271 g/mol. The van der Waals surface area contributed by atoms with Gasteiger partial charge >= 0.3 is 0 Å². The quantitative estimate of drug-likeness (QED) is 0.930. The maximum atomic E-state index is 12.8. The van der Waals surface area contributed by atoms with Crippen LogP contribution in [-0.2, 0) is 0 Å². The summed E-state index contributed by atoms with van der Waals surface area (Å²) in [5.41, 5.74) is 1.82.